The number of azide groups is 1. The maximum atomic E-state index is 12.7. The molecule has 1 aromatic rings. The van der Waals surface area contributed by atoms with E-state index >= 15 is 0 Å². The molecule has 21 nitrogen and oxygen atoms in total. The fourth-order valence-corrected chi connectivity index (χ4v) is 5.04. The summed E-state index contributed by atoms with van der Waals surface area (Å²) in [6, 6.07) is -0.697. The topological polar surface area (TPSA) is 343 Å². The van der Waals surface area contributed by atoms with Gasteiger partial charge >= 0.3 is 19.5 Å². The van der Waals surface area contributed by atoms with Gasteiger partial charge in [0.05, 0.1) is 31.5 Å². The Balaban J connectivity index is 1.78. The number of nitrogen functional groups attached to an aromatic ring is 1. The van der Waals surface area contributed by atoms with Crippen molar-refractivity contribution >= 4 is 19.6 Å². The maximum absolute atomic E-state index is 12.7. The number of aromatic nitrogens is 2. The number of rotatable bonds is 11. The summed E-state index contributed by atoms with van der Waals surface area (Å²) in [6.45, 7) is -2.07. The summed E-state index contributed by atoms with van der Waals surface area (Å²) in [4.78, 5) is 40.3. The van der Waals surface area contributed by atoms with Gasteiger partial charge in [-0.05, 0) is 11.6 Å². The molecule has 2 aliphatic rings. The molecule has 1 aromatic heterocycles. The molecule has 0 saturated carbocycles. The number of aliphatic hydroxyl groups excluding tert-OH is 6. The van der Waals surface area contributed by atoms with Crippen LogP contribution < -0.4 is 11.4 Å². The highest BCUT2D eigenvalue weighted by Crippen LogP contribution is 2.51. The number of ether oxygens (including phenoxy) is 2. The normalized spacial score (nSPS) is 35.3. The van der Waals surface area contributed by atoms with Gasteiger partial charge in [-0.3, -0.25) is 9.09 Å². The zero-order chi connectivity index (χ0) is 30.0. The molecule has 0 aliphatic carbocycles. The van der Waals surface area contributed by atoms with E-state index in [1.807, 2.05) is 0 Å². The van der Waals surface area contributed by atoms with Crippen molar-refractivity contribution in [3.63, 3.8) is 0 Å². The molecule has 22 heteroatoms. The van der Waals surface area contributed by atoms with Crippen molar-refractivity contribution < 1.29 is 68.5 Å². The Labute approximate surface area is 222 Å². The van der Waals surface area contributed by atoms with Crippen molar-refractivity contribution in [2.75, 3.05) is 18.9 Å². The van der Waals surface area contributed by atoms with Gasteiger partial charge in [-0.2, -0.15) is 4.98 Å². The fraction of sp³-hybridized carbons (Fsp3) is 0.722. The van der Waals surface area contributed by atoms with E-state index in [1.165, 1.54) is 6.07 Å². The summed E-state index contributed by atoms with van der Waals surface area (Å²) < 4.78 is 33.5. The molecule has 2 aliphatic heterocycles. The van der Waals surface area contributed by atoms with Crippen LogP contribution in [-0.4, -0.2) is 124 Å². The number of nitrogens with two attached hydrogens (primary N) is 1. The SMILES string of the molecule is [N-]=[N+]=NC(C(O)CO)C1OC(OP(=O)(O)OCC2OC(n3ccc(N)nc3=O)C(O)C2O)(C(=O)O)CC(O)C1O. The second-order valence-electron chi connectivity index (χ2n) is 8.79. The van der Waals surface area contributed by atoms with Crippen molar-refractivity contribution in [2.45, 2.75) is 67.2 Å². The Hall–Kier alpha value is -2.75. The van der Waals surface area contributed by atoms with E-state index in [2.05, 4.69) is 15.0 Å². The minimum atomic E-state index is -5.52. The lowest BCUT2D eigenvalue weighted by Crippen LogP contribution is -2.63. The fourth-order valence-electron chi connectivity index (χ4n) is 4.09. The number of hydrogen-bond donors (Lipinski definition) is 9. The highest BCUT2D eigenvalue weighted by molar-refractivity contribution is 7.47. The van der Waals surface area contributed by atoms with Crippen molar-refractivity contribution in [3.05, 3.63) is 33.2 Å². The van der Waals surface area contributed by atoms with Crippen LogP contribution in [0.25, 0.3) is 10.4 Å². The summed E-state index contributed by atoms with van der Waals surface area (Å²) in [5.74, 6) is -5.48. The van der Waals surface area contributed by atoms with E-state index in [9.17, 15) is 54.8 Å². The quantitative estimate of drug-likeness (QED) is 0.0505. The number of aliphatic hydroxyl groups is 6. The predicted molar refractivity (Wildman–Crippen MR) is 124 cm³/mol. The van der Waals surface area contributed by atoms with Crippen molar-refractivity contribution in [1.82, 2.24) is 9.55 Å². The molecule has 3 rings (SSSR count). The molecule has 224 valence electrons. The van der Waals surface area contributed by atoms with Crippen LogP contribution >= 0.6 is 7.82 Å². The summed E-state index contributed by atoms with van der Waals surface area (Å²) in [5.41, 5.74) is 13.2. The Morgan fingerprint density at radius 2 is 2.02 bits per heavy atom. The number of carboxylic acids is 1. The molecule has 0 bridgehead atoms. The third-order valence-corrected chi connectivity index (χ3v) is 7.09. The van der Waals surface area contributed by atoms with E-state index in [4.69, 9.17) is 29.8 Å². The van der Waals surface area contributed by atoms with Gasteiger partial charge in [-0.15, -0.1) is 0 Å². The van der Waals surface area contributed by atoms with E-state index in [0.29, 0.717) is 0 Å². The van der Waals surface area contributed by atoms with Gasteiger partial charge in [0.2, 0.25) is 0 Å². The van der Waals surface area contributed by atoms with Gasteiger partial charge in [-0.25, -0.2) is 18.7 Å². The smallest absolute Gasteiger partial charge is 0.475 e. The maximum Gasteiger partial charge on any atom is 0.475 e. The first-order valence-corrected chi connectivity index (χ1v) is 12.8. The molecule has 0 aromatic carbocycles. The summed E-state index contributed by atoms with van der Waals surface area (Å²) in [7, 11) is -5.52. The first kappa shape index (κ1) is 31.8. The second kappa shape index (κ2) is 12.4. The molecular formula is C18H27N6O15P. The Kier molecular flexibility index (Phi) is 9.86. The Morgan fingerprint density at radius 3 is 2.60 bits per heavy atom. The van der Waals surface area contributed by atoms with E-state index < -0.39 is 99.9 Å². The molecule has 11 unspecified atom stereocenters. The van der Waals surface area contributed by atoms with Crippen LogP contribution in [0, 0.1) is 0 Å². The number of phosphoric ester groups is 1. The number of phosphoric acid groups is 1. The average Bonchev–Trinajstić information content (AvgIpc) is 3.16. The van der Waals surface area contributed by atoms with Crippen LogP contribution in [0.15, 0.2) is 22.2 Å². The Morgan fingerprint density at radius 1 is 1.35 bits per heavy atom. The molecule has 0 amide bonds. The lowest BCUT2D eigenvalue weighted by Gasteiger charge is -2.44. The van der Waals surface area contributed by atoms with Gasteiger partial charge in [0, 0.05) is 17.5 Å². The highest BCUT2D eigenvalue weighted by atomic mass is 31.2. The third kappa shape index (κ3) is 6.58. The van der Waals surface area contributed by atoms with Crippen LogP contribution in [0.3, 0.4) is 0 Å². The molecule has 0 radical (unpaired) electrons. The number of carbonyl (C=O) groups is 1. The number of hydrogen-bond acceptors (Lipinski definition) is 16. The molecule has 0 spiro atoms. The van der Waals surface area contributed by atoms with E-state index in [1.54, 1.807) is 0 Å². The largest absolute Gasteiger partial charge is 0.477 e. The lowest BCUT2D eigenvalue weighted by molar-refractivity contribution is -0.293. The van der Waals surface area contributed by atoms with Crippen LogP contribution in [0.1, 0.15) is 12.6 Å². The summed E-state index contributed by atoms with van der Waals surface area (Å²) in [5, 5.41) is 73.1. The van der Waals surface area contributed by atoms with Gasteiger partial charge in [0.1, 0.15) is 36.3 Å². The monoisotopic (exact) mass is 598 g/mol. The number of nitrogens with zero attached hydrogens (tertiary/aromatic N) is 5. The zero-order valence-electron chi connectivity index (χ0n) is 20.2. The lowest BCUT2D eigenvalue weighted by atomic mass is 9.90. The van der Waals surface area contributed by atoms with E-state index in [0.717, 1.165) is 10.8 Å². The average molecular weight is 598 g/mol. The zero-order valence-corrected chi connectivity index (χ0v) is 21.1. The first-order chi connectivity index (χ1) is 18.7. The Bertz CT molecular complexity index is 1230. The molecule has 2 saturated heterocycles. The standard InChI is InChI=1S/C18H27N6O15P/c19-9-1-2-24(17(33)21-9)15-13(30)12(29)8(37-15)5-36-40(34,35)39-18(16(31)32)3-6(26)11(28)14(38-18)10(22-23-20)7(27)4-25/h1-2,6-8,10-15,25-30H,3-5H2,(H,31,32)(H,34,35)(H2,19,21,33). The van der Waals surface area contributed by atoms with E-state index in [-0.39, 0.29) is 5.82 Å². The van der Waals surface area contributed by atoms with Gasteiger partial charge in [0.25, 0.3) is 5.79 Å². The highest BCUT2D eigenvalue weighted by Gasteiger charge is 2.58. The molecule has 3 heterocycles. The van der Waals surface area contributed by atoms with Crippen LogP contribution in [0.2, 0.25) is 0 Å². The summed E-state index contributed by atoms with van der Waals surface area (Å²) >= 11 is 0. The first-order valence-electron chi connectivity index (χ1n) is 11.3. The summed E-state index contributed by atoms with van der Waals surface area (Å²) in [6.07, 6.45) is -14.7. The number of aliphatic carboxylic acids is 1. The molecule has 40 heavy (non-hydrogen) atoms. The molecule has 11 atom stereocenters. The minimum absolute atomic E-state index is 0.138. The van der Waals surface area contributed by atoms with Crippen molar-refractivity contribution in [3.8, 4) is 0 Å². The minimum Gasteiger partial charge on any atom is -0.477 e. The number of carboxylic acid groups (broad SMARTS) is 1. The van der Waals surface area contributed by atoms with Crippen LogP contribution in [-0.2, 0) is 27.9 Å². The third-order valence-electron chi connectivity index (χ3n) is 6.09. The second-order valence-corrected chi connectivity index (χ2v) is 10.2. The molecule has 10 N–H and O–H groups in total. The molecular weight excluding hydrogens is 571 g/mol. The molecule has 2 fully saturated rings. The van der Waals surface area contributed by atoms with Crippen LogP contribution in [0.4, 0.5) is 5.82 Å². The predicted octanol–water partition coefficient (Wildman–Crippen LogP) is -4.10. The van der Waals surface area contributed by atoms with Crippen LogP contribution in [0.5, 0.6) is 0 Å². The van der Waals surface area contributed by atoms with Gasteiger partial charge in [0.15, 0.2) is 6.23 Å². The van der Waals surface area contributed by atoms with Gasteiger partial charge in [-0.1, -0.05) is 5.11 Å². The van der Waals surface area contributed by atoms with Crippen molar-refractivity contribution in [2.24, 2.45) is 5.11 Å². The van der Waals surface area contributed by atoms with Gasteiger partial charge < -0.3 is 55.8 Å². The van der Waals surface area contributed by atoms with Crippen molar-refractivity contribution in [1.29, 1.82) is 0 Å². The number of anilines is 1.